The van der Waals surface area contributed by atoms with Crippen LogP contribution >= 0.6 is 0 Å². The van der Waals surface area contributed by atoms with Gasteiger partial charge in [0, 0.05) is 22.3 Å². The van der Waals surface area contributed by atoms with Crippen molar-refractivity contribution in [1.82, 2.24) is 0 Å². The number of carbonyl (C=O) groups is 4. The summed E-state index contributed by atoms with van der Waals surface area (Å²) in [5.74, 6) is 0. The molecular formula is C44H34O4. The smallest absolute Gasteiger partial charge is 0.150 e. The Bertz CT molecular complexity index is 1880. The number of rotatable bonds is 9. The molecule has 0 aliphatic carbocycles. The topological polar surface area (TPSA) is 68.3 Å². The van der Waals surface area contributed by atoms with E-state index in [4.69, 9.17) is 0 Å². The van der Waals surface area contributed by atoms with Crippen molar-refractivity contribution in [2.24, 2.45) is 0 Å². The lowest BCUT2D eigenvalue weighted by molar-refractivity contribution is 0.111. The maximum Gasteiger partial charge on any atom is 0.150 e. The van der Waals surface area contributed by atoms with Gasteiger partial charge in [-0.25, -0.2) is 0 Å². The van der Waals surface area contributed by atoms with Crippen LogP contribution in [0.5, 0.6) is 0 Å². The monoisotopic (exact) mass is 626 g/mol. The molecule has 0 unspecified atom stereocenters. The molecule has 4 heteroatoms. The number of hydrogen-bond acceptors (Lipinski definition) is 4. The van der Waals surface area contributed by atoms with Crippen molar-refractivity contribution in [2.45, 2.75) is 27.7 Å². The highest BCUT2D eigenvalue weighted by molar-refractivity contribution is 5.96. The molecular weight excluding hydrogens is 592 g/mol. The van der Waals surface area contributed by atoms with Gasteiger partial charge in [0.15, 0.2) is 0 Å². The fraction of sp³-hybridized carbons (Fsp3) is 0.0909. The zero-order valence-corrected chi connectivity index (χ0v) is 27.3. The molecule has 6 aromatic carbocycles. The lowest BCUT2D eigenvalue weighted by atomic mass is 9.78. The van der Waals surface area contributed by atoms with E-state index in [1.54, 1.807) is 0 Å². The third-order valence-electron chi connectivity index (χ3n) is 9.37. The van der Waals surface area contributed by atoms with Crippen molar-refractivity contribution in [3.8, 4) is 55.6 Å². The molecule has 6 aromatic rings. The SMILES string of the molecule is Cc1c(-c2ccc(C=O)cc2)cc(-c2ccc(C=O)cc2)c(C)c1-c1c(C)c(-c2ccc(C=O)cc2)cc(-c2ccc(C=O)cc2)c1C. The summed E-state index contributed by atoms with van der Waals surface area (Å²) in [5, 5.41) is 0. The summed E-state index contributed by atoms with van der Waals surface area (Å²) in [7, 11) is 0. The normalized spacial score (nSPS) is 10.8. The summed E-state index contributed by atoms with van der Waals surface area (Å²) in [5.41, 5.74) is 17.2. The van der Waals surface area contributed by atoms with Crippen LogP contribution in [-0.4, -0.2) is 25.1 Å². The molecule has 0 amide bonds. The Morgan fingerprint density at radius 1 is 0.312 bits per heavy atom. The van der Waals surface area contributed by atoms with E-state index in [0.29, 0.717) is 22.3 Å². The van der Waals surface area contributed by atoms with Crippen molar-refractivity contribution in [3.63, 3.8) is 0 Å². The van der Waals surface area contributed by atoms with Gasteiger partial charge in [0.25, 0.3) is 0 Å². The molecule has 234 valence electrons. The molecule has 6 rings (SSSR count). The first-order valence-electron chi connectivity index (χ1n) is 15.8. The third kappa shape index (κ3) is 5.85. The number of hydrogen-bond donors (Lipinski definition) is 0. The Kier molecular flexibility index (Phi) is 8.91. The second-order valence-electron chi connectivity index (χ2n) is 12.2. The minimum Gasteiger partial charge on any atom is -0.298 e. The minimum absolute atomic E-state index is 0.610. The predicted octanol–water partition coefficient (Wildman–Crippen LogP) is 10.5. The van der Waals surface area contributed by atoms with E-state index < -0.39 is 0 Å². The number of benzene rings is 6. The van der Waals surface area contributed by atoms with Crippen LogP contribution < -0.4 is 0 Å². The zero-order chi connectivity index (χ0) is 33.9. The van der Waals surface area contributed by atoms with Gasteiger partial charge < -0.3 is 0 Å². The Morgan fingerprint density at radius 2 is 0.500 bits per heavy atom. The van der Waals surface area contributed by atoms with E-state index in [-0.39, 0.29) is 0 Å². The van der Waals surface area contributed by atoms with Gasteiger partial charge in [-0.2, -0.15) is 0 Å². The van der Waals surface area contributed by atoms with Crippen molar-refractivity contribution in [3.05, 3.63) is 154 Å². The molecule has 0 heterocycles. The average Bonchev–Trinajstić information content (AvgIpc) is 3.13. The van der Waals surface area contributed by atoms with Crippen molar-refractivity contribution < 1.29 is 19.2 Å². The number of aldehydes is 4. The van der Waals surface area contributed by atoms with Gasteiger partial charge in [-0.05, 0) is 118 Å². The van der Waals surface area contributed by atoms with Crippen LogP contribution in [0.4, 0.5) is 0 Å². The van der Waals surface area contributed by atoms with Crippen LogP contribution in [0.25, 0.3) is 55.6 Å². The standard InChI is InChI=1S/C44H34O4/c1-27-39(35-13-5-31(23-45)6-14-35)21-40(36-15-7-32(24-46)8-16-36)28(2)43(27)44-29(3)41(37-17-9-33(25-47)10-18-37)22-42(30(44)4)38-19-11-34(26-48)12-20-38/h5-26H,1-4H3. The van der Waals surface area contributed by atoms with Crippen molar-refractivity contribution in [2.75, 3.05) is 0 Å². The van der Waals surface area contributed by atoms with Crippen molar-refractivity contribution in [1.29, 1.82) is 0 Å². The van der Waals surface area contributed by atoms with Crippen LogP contribution in [-0.2, 0) is 0 Å². The average molecular weight is 627 g/mol. The molecule has 48 heavy (non-hydrogen) atoms. The maximum atomic E-state index is 11.5. The van der Waals surface area contributed by atoms with E-state index in [1.165, 1.54) is 0 Å². The summed E-state index contributed by atoms with van der Waals surface area (Å²) in [4.78, 5) is 45.9. The Balaban J connectivity index is 1.71. The van der Waals surface area contributed by atoms with Crippen LogP contribution in [0.3, 0.4) is 0 Å². The summed E-state index contributed by atoms with van der Waals surface area (Å²) in [6, 6.07) is 34.9. The van der Waals surface area contributed by atoms with Gasteiger partial charge in [-0.3, -0.25) is 19.2 Å². The van der Waals surface area contributed by atoms with Gasteiger partial charge >= 0.3 is 0 Å². The van der Waals surface area contributed by atoms with E-state index in [0.717, 1.165) is 103 Å². The summed E-state index contributed by atoms with van der Waals surface area (Å²) in [6.07, 6.45) is 3.39. The van der Waals surface area contributed by atoms with Crippen LogP contribution in [0.1, 0.15) is 63.7 Å². The lowest BCUT2D eigenvalue weighted by Crippen LogP contribution is -2.02. The lowest BCUT2D eigenvalue weighted by Gasteiger charge is -2.25. The quantitative estimate of drug-likeness (QED) is 0.150. The molecule has 0 saturated heterocycles. The first-order valence-corrected chi connectivity index (χ1v) is 15.8. The molecule has 0 bridgehead atoms. The van der Waals surface area contributed by atoms with Crippen LogP contribution in [0.15, 0.2) is 109 Å². The highest BCUT2D eigenvalue weighted by Gasteiger charge is 2.23. The van der Waals surface area contributed by atoms with Crippen LogP contribution in [0.2, 0.25) is 0 Å². The van der Waals surface area contributed by atoms with Gasteiger partial charge in [0.2, 0.25) is 0 Å². The van der Waals surface area contributed by atoms with E-state index >= 15 is 0 Å². The number of carbonyl (C=O) groups excluding carboxylic acids is 4. The van der Waals surface area contributed by atoms with E-state index in [2.05, 4.69) is 39.8 Å². The molecule has 0 aliphatic rings. The second-order valence-corrected chi connectivity index (χ2v) is 12.2. The largest absolute Gasteiger partial charge is 0.298 e. The molecule has 0 aliphatic heterocycles. The Labute approximate surface area is 280 Å². The van der Waals surface area contributed by atoms with Gasteiger partial charge in [-0.1, -0.05) is 97.1 Å². The van der Waals surface area contributed by atoms with E-state index in [1.807, 2.05) is 97.1 Å². The summed E-state index contributed by atoms with van der Waals surface area (Å²) >= 11 is 0. The molecule has 0 atom stereocenters. The third-order valence-corrected chi connectivity index (χ3v) is 9.37. The first-order chi connectivity index (χ1) is 23.3. The highest BCUT2D eigenvalue weighted by atomic mass is 16.1. The van der Waals surface area contributed by atoms with Crippen molar-refractivity contribution >= 4 is 25.1 Å². The molecule has 0 spiro atoms. The molecule has 0 fully saturated rings. The minimum atomic E-state index is 0.610. The van der Waals surface area contributed by atoms with Gasteiger partial charge in [0.05, 0.1) is 0 Å². The molecule has 0 N–H and O–H groups in total. The second kappa shape index (κ2) is 13.4. The molecule has 0 aromatic heterocycles. The first kappa shape index (κ1) is 32.0. The molecule has 0 saturated carbocycles. The summed E-state index contributed by atoms with van der Waals surface area (Å²) in [6.45, 7) is 8.59. The van der Waals surface area contributed by atoms with Gasteiger partial charge in [0.1, 0.15) is 25.1 Å². The molecule has 0 radical (unpaired) electrons. The van der Waals surface area contributed by atoms with E-state index in [9.17, 15) is 19.2 Å². The van der Waals surface area contributed by atoms with Crippen LogP contribution in [0, 0.1) is 27.7 Å². The zero-order valence-electron chi connectivity index (χ0n) is 27.3. The Morgan fingerprint density at radius 3 is 0.667 bits per heavy atom. The fourth-order valence-corrected chi connectivity index (χ4v) is 6.74. The van der Waals surface area contributed by atoms with Gasteiger partial charge in [-0.15, -0.1) is 0 Å². The predicted molar refractivity (Wildman–Crippen MR) is 194 cm³/mol. The maximum absolute atomic E-state index is 11.5. The summed E-state index contributed by atoms with van der Waals surface area (Å²) < 4.78 is 0. The highest BCUT2D eigenvalue weighted by Crippen LogP contribution is 2.47. The Hall–Kier alpha value is -6.00. The molecule has 4 nitrogen and oxygen atoms in total. The fourth-order valence-electron chi connectivity index (χ4n) is 6.74.